The van der Waals surface area contributed by atoms with Crippen LogP contribution >= 0.6 is 0 Å². The molecular formula is C19H24O2. The molecule has 4 fully saturated rings. The highest BCUT2D eigenvalue weighted by atomic mass is 16.5. The summed E-state index contributed by atoms with van der Waals surface area (Å²) in [6, 6.07) is 10.9. The second-order valence-corrected chi connectivity index (χ2v) is 8.24. The van der Waals surface area contributed by atoms with Crippen LogP contribution in [0.15, 0.2) is 30.3 Å². The van der Waals surface area contributed by atoms with Gasteiger partial charge in [0.25, 0.3) is 0 Å². The third-order valence-electron chi connectivity index (χ3n) is 6.35. The fraction of sp³-hybridized carbons (Fsp3) is 0.632. The maximum atomic E-state index is 12.6. The van der Waals surface area contributed by atoms with Gasteiger partial charge in [-0.2, -0.15) is 0 Å². The molecule has 2 heteroatoms. The molecule has 4 atom stereocenters. The normalized spacial score (nSPS) is 43.8. The van der Waals surface area contributed by atoms with Crippen LogP contribution in [0.3, 0.4) is 0 Å². The highest BCUT2D eigenvalue weighted by molar-refractivity contribution is 5.78. The number of carbonyl (C=O) groups excluding carboxylic acids is 1. The lowest BCUT2D eigenvalue weighted by atomic mass is 9.39. The van der Waals surface area contributed by atoms with E-state index in [1.807, 2.05) is 0 Å². The van der Waals surface area contributed by atoms with Crippen molar-refractivity contribution in [2.75, 3.05) is 7.11 Å². The summed E-state index contributed by atoms with van der Waals surface area (Å²) in [6.45, 7) is 2.40. The van der Waals surface area contributed by atoms with E-state index in [0.717, 1.165) is 19.3 Å². The molecule has 1 aromatic carbocycles. The molecule has 5 rings (SSSR count). The summed E-state index contributed by atoms with van der Waals surface area (Å²) in [5.41, 5.74) is 1.72. The SMILES string of the molecule is COC(=O)[C@]12C[C@@H]3C[C@](C)(C1)C[C@@](c1ccccc1)(C3)C2. The van der Waals surface area contributed by atoms with Crippen LogP contribution in [-0.4, -0.2) is 13.1 Å². The monoisotopic (exact) mass is 284 g/mol. The molecule has 0 spiro atoms. The maximum absolute atomic E-state index is 12.6. The van der Waals surface area contributed by atoms with Crippen molar-refractivity contribution in [2.24, 2.45) is 16.7 Å². The lowest BCUT2D eigenvalue weighted by Gasteiger charge is -2.65. The highest BCUT2D eigenvalue weighted by Gasteiger charge is 2.65. The lowest BCUT2D eigenvalue weighted by molar-refractivity contribution is -0.180. The smallest absolute Gasteiger partial charge is 0.311 e. The van der Waals surface area contributed by atoms with Crippen molar-refractivity contribution in [2.45, 2.75) is 50.9 Å². The molecule has 4 saturated carbocycles. The zero-order valence-corrected chi connectivity index (χ0v) is 13.0. The fourth-order valence-electron chi connectivity index (χ4n) is 6.48. The van der Waals surface area contributed by atoms with Gasteiger partial charge in [-0.25, -0.2) is 0 Å². The second kappa shape index (κ2) is 4.12. The lowest BCUT2D eigenvalue weighted by Crippen LogP contribution is -2.60. The molecule has 0 heterocycles. The highest BCUT2D eigenvalue weighted by Crippen LogP contribution is 2.70. The van der Waals surface area contributed by atoms with Gasteiger partial charge in [0.15, 0.2) is 0 Å². The van der Waals surface area contributed by atoms with Crippen LogP contribution < -0.4 is 0 Å². The van der Waals surface area contributed by atoms with Gasteiger partial charge in [0.05, 0.1) is 12.5 Å². The Morgan fingerprint density at radius 3 is 2.52 bits per heavy atom. The number of ether oxygens (including phenoxy) is 1. The van der Waals surface area contributed by atoms with Crippen molar-refractivity contribution in [1.82, 2.24) is 0 Å². The molecule has 0 N–H and O–H groups in total. The first kappa shape index (κ1) is 13.4. The summed E-state index contributed by atoms with van der Waals surface area (Å²) in [7, 11) is 1.55. The number of esters is 1. The van der Waals surface area contributed by atoms with E-state index in [1.54, 1.807) is 7.11 Å². The van der Waals surface area contributed by atoms with Crippen LogP contribution in [0.5, 0.6) is 0 Å². The van der Waals surface area contributed by atoms with E-state index in [1.165, 1.54) is 24.8 Å². The van der Waals surface area contributed by atoms with Gasteiger partial charge in [-0.3, -0.25) is 4.79 Å². The van der Waals surface area contributed by atoms with Crippen molar-refractivity contribution in [3.8, 4) is 0 Å². The molecule has 4 aliphatic rings. The molecule has 4 bridgehead atoms. The van der Waals surface area contributed by atoms with E-state index >= 15 is 0 Å². The Morgan fingerprint density at radius 2 is 1.86 bits per heavy atom. The number of benzene rings is 1. The minimum atomic E-state index is -0.223. The Kier molecular flexibility index (Phi) is 2.62. The Hall–Kier alpha value is -1.31. The molecule has 0 unspecified atom stereocenters. The van der Waals surface area contributed by atoms with Gasteiger partial charge in [0.2, 0.25) is 0 Å². The van der Waals surface area contributed by atoms with E-state index in [-0.39, 0.29) is 16.8 Å². The number of hydrogen-bond acceptors (Lipinski definition) is 2. The molecule has 0 aromatic heterocycles. The average Bonchev–Trinajstić information content (AvgIpc) is 2.45. The van der Waals surface area contributed by atoms with Crippen molar-refractivity contribution in [3.05, 3.63) is 35.9 Å². The van der Waals surface area contributed by atoms with Gasteiger partial charge < -0.3 is 4.74 Å². The van der Waals surface area contributed by atoms with Crippen LogP contribution in [0.2, 0.25) is 0 Å². The summed E-state index contributed by atoms with van der Waals surface area (Å²) in [5, 5.41) is 0. The summed E-state index contributed by atoms with van der Waals surface area (Å²) >= 11 is 0. The van der Waals surface area contributed by atoms with Gasteiger partial charge in [0, 0.05) is 0 Å². The van der Waals surface area contributed by atoms with E-state index in [0.29, 0.717) is 11.3 Å². The molecule has 112 valence electrons. The van der Waals surface area contributed by atoms with Crippen molar-refractivity contribution in [1.29, 1.82) is 0 Å². The molecule has 4 aliphatic carbocycles. The zero-order chi connectivity index (χ0) is 14.7. The van der Waals surface area contributed by atoms with Crippen molar-refractivity contribution >= 4 is 5.97 Å². The Labute approximate surface area is 126 Å². The third kappa shape index (κ3) is 1.81. The van der Waals surface area contributed by atoms with Gasteiger partial charge in [-0.1, -0.05) is 37.3 Å². The Morgan fingerprint density at radius 1 is 1.10 bits per heavy atom. The van der Waals surface area contributed by atoms with Crippen LogP contribution in [0.25, 0.3) is 0 Å². The summed E-state index contributed by atoms with van der Waals surface area (Å²) in [5.74, 6) is 0.726. The zero-order valence-electron chi connectivity index (χ0n) is 13.0. The van der Waals surface area contributed by atoms with E-state index in [9.17, 15) is 4.79 Å². The van der Waals surface area contributed by atoms with Gasteiger partial charge in [0.1, 0.15) is 0 Å². The number of rotatable bonds is 2. The second-order valence-electron chi connectivity index (χ2n) is 8.24. The topological polar surface area (TPSA) is 26.3 Å². The average molecular weight is 284 g/mol. The minimum absolute atomic E-state index is 0.0399. The van der Waals surface area contributed by atoms with Crippen LogP contribution in [0.1, 0.15) is 51.0 Å². The van der Waals surface area contributed by atoms with Crippen molar-refractivity contribution < 1.29 is 9.53 Å². The van der Waals surface area contributed by atoms with E-state index in [4.69, 9.17) is 4.74 Å². The minimum Gasteiger partial charge on any atom is -0.469 e. The van der Waals surface area contributed by atoms with Crippen LogP contribution in [0.4, 0.5) is 0 Å². The molecule has 0 amide bonds. The predicted octanol–water partition coefficient (Wildman–Crippen LogP) is 4.09. The van der Waals surface area contributed by atoms with E-state index < -0.39 is 0 Å². The first-order valence-electron chi connectivity index (χ1n) is 8.13. The number of carbonyl (C=O) groups is 1. The Balaban J connectivity index is 1.82. The van der Waals surface area contributed by atoms with Crippen molar-refractivity contribution in [3.63, 3.8) is 0 Å². The van der Waals surface area contributed by atoms with Gasteiger partial charge >= 0.3 is 5.97 Å². The van der Waals surface area contributed by atoms with Gasteiger partial charge in [-0.15, -0.1) is 0 Å². The molecule has 21 heavy (non-hydrogen) atoms. The largest absolute Gasteiger partial charge is 0.469 e. The number of hydrogen-bond donors (Lipinski definition) is 0. The fourth-order valence-corrected chi connectivity index (χ4v) is 6.48. The first-order valence-corrected chi connectivity index (χ1v) is 8.13. The Bertz CT molecular complexity index is 580. The van der Waals surface area contributed by atoms with Gasteiger partial charge in [-0.05, 0) is 60.8 Å². The third-order valence-corrected chi connectivity index (χ3v) is 6.35. The molecule has 2 nitrogen and oxygen atoms in total. The van der Waals surface area contributed by atoms with E-state index in [2.05, 4.69) is 37.3 Å². The molecule has 0 radical (unpaired) electrons. The first-order chi connectivity index (χ1) is 9.99. The summed E-state index contributed by atoms with van der Waals surface area (Å²) in [6.07, 6.45) is 6.84. The van der Waals surface area contributed by atoms with Crippen LogP contribution in [-0.2, 0) is 14.9 Å². The maximum Gasteiger partial charge on any atom is 0.311 e. The summed E-state index contributed by atoms with van der Waals surface area (Å²) in [4.78, 5) is 12.6. The molecular weight excluding hydrogens is 260 g/mol. The molecule has 0 saturated heterocycles. The predicted molar refractivity (Wildman–Crippen MR) is 81.9 cm³/mol. The summed E-state index contributed by atoms with van der Waals surface area (Å²) < 4.78 is 5.22. The standard InChI is InChI=1S/C19H24O2/c1-17-8-14-9-18(11-17,15-6-4-3-5-7-15)13-19(10-14,12-17)16(20)21-2/h3-7,14H,8-13H2,1-2H3/t14-,17+,18+,19-/m1/s1. The quantitative estimate of drug-likeness (QED) is 0.765. The van der Waals surface area contributed by atoms with Crippen LogP contribution in [0, 0.1) is 16.7 Å². The molecule has 0 aliphatic heterocycles. The number of methoxy groups -OCH3 is 1. The molecule has 1 aromatic rings.